The zero-order chi connectivity index (χ0) is 23.9. The van der Waals surface area contributed by atoms with Gasteiger partial charge in [-0.2, -0.15) is 0 Å². The van der Waals surface area contributed by atoms with Gasteiger partial charge in [-0.1, -0.05) is 49.6 Å². The lowest BCUT2D eigenvalue weighted by molar-refractivity contribution is -0.139. The summed E-state index contributed by atoms with van der Waals surface area (Å²) < 4.78 is 5.91. The largest absolute Gasteiger partial charge is 0.457 e. The second-order valence-electron chi connectivity index (χ2n) is 10.7. The Hall–Kier alpha value is -2.37. The molecule has 0 spiro atoms. The van der Waals surface area contributed by atoms with Crippen LogP contribution in [0.4, 0.5) is 0 Å². The predicted octanol–water partition coefficient (Wildman–Crippen LogP) is 5.42. The van der Waals surface area contributed by atoms with Crippen molar-refractivity contribution in [2.45, 2.75) is 51.5 Å². The van der Waals surface area contributed by atoms with Gasteiger partial charge in [0, 0.05) is 45.2 Å². The fraction of sp³-hybridized carbons (Fsp3) is 0.567. The summed E-state index contributed by atoms with van der Waals surface area (Å²) in [6, 6.07) is 18.3. The Kier molecular flexibility index (Phi) is 8.37. The van der Waals surface area contributed by atoms with Crippen LogP contribution < -0.4 is 4.74 Å². The molecule has 3 fully saturated rings. The van der Waals surface area contributed by atoms with Crippen molar-refractivity contribution in [1.29, 1.82) is 0 Å². The molecule has 0 bridgehead atoms. The number of para-hydroxylation sites is 1. The van der Waals surface area contributed by atoms with Crippen LogP contribution in [0.1, 0.15) is 50.5 Å². The summed E-state index contributed by atoms with van der Waals surface area (Å²) in [4.78, 5) is 20.4. The zero-order valence-corrected chi connectivity index (χ0v) is 21.1. The maximum absolute atomic E-state index is 13.2. The summed E-state index contributed by atoms with van der Waals surface area (Å²) >= 11 is 0. The maximum atomic E-state index is 13.2. The van der Waals surface area contributed by atoms with E-state index in [1.165, 1.54) is 44.2 Å². The molecule has 5 nitrogen and oxygen atoms in total. The van der Waals surface area contributed by atoms with Crippen molar-refractivity contribution in [1.82, 2.24) is 14.7 Å². The van der Waals surface area contributed by atoms with Gasteiger partial charge in [0.1, 0.15) is 11.5 Å². The molecule has 5 heteroatoms. The Morgan fingerprint density at radius 2 is 1.37 bits per heavy atom. The molecule has 0 atom stereocenters. The number of rotatable bonds is 7. The summed E-state index contributed by atoms with van der Waals surface area (Å²) in [5, 5.41) is 0. The van der Waals surface area contributed by atoms with Gasteiger partial charge in [-0.3, -0.25) is 14.6 Å². The summed E-state index contributed by atoms with van der Waals surface area (Å²) in [5.41, 5.74) is 1.30. The fourth-order valence-electron chi connectivity index (χ4n) is 6.03. The lowest BCUT2D eigenvalue weighted by atomic mass is 9.89. The Morgan fingerprint density at radius 1 is 0.714 bits per heavy atom. The van der Waals surface area contributed by atoms with Crippen molar-refractivity contribution >= 4 is 5.91 Å². The van der Waals surface area contributed by atoms with Crippen LogP contribution in [-0.2, 0) is 11.3 Å². The molecule has 1 saturated carbocycles. The van der Waals surface area contributed by atoms with Crippen LogP contribution in [0.3, 0.4) is 0 Å². The highest BCUT2D eigenvalue weighted by Crippen LogP contribution is 2.26. The Labute approximate surface area is 211 Å². The van der Waals surface area contributed by atoms with Crippen LogP contribution >= 0.6 is 0 Å². The fourth-order valence-corrected chi connectivity index (χ4v) is 6.03. The third kappa shape index (κ3) is 6.86. The van der Waals surface area contributed by atoms with Crippen LogP contribution in [0.2, 0.25) is 0 Å². The molecule has 0 unspecified atom stereocenters. The molecule has 5 rings (SSSR count). The van der Waals surface area contributed by atoms with Gasteiger partial charge < -0.3 is 9.64 Å². The minimum Gasteiger partial charge on any atom is -0.457 e. The molecule has 0 radical (unpaired) electrons. The van der Waals surface area contributed by atoms with Gasteiger partial charge >= 0.3 is 0 Å². The molecule has 3 aliphatic rings. The van der Waals surface area contributed by atoms with E-state index in [1.807, 2.05) is 42.5 Å². The second kappa shape index (κ2) is 12.0. The van der Waals surface area contributed by atoms with Gasteiger partial charge in [0.25, 0.3) is 0 Å². The standard InChI is InChI=1S/C30H41N3O2/c34-30(33-21-19-32(20-22-33)23-25-7-3-1-4-8-25)27-15-17-31(18-16-27)24-26-11-13-29(14-12-26)35-28-9-5-2-6-10-28/h2,5-6,9-14,25,27H,1,3-4,7-8,15-24H2. The van der Waals surface area contributed by atoms with Crippen molar-refractivity contribution in [3.05, 3.63) is 60.2 Å². The number of likely N-dealkylation sites (tertiary alicyclic amines) is 1. The van der Waals surface area contributed by atoms with Gasteiger partial charge in [0.2, 0.25) is 5.91 Å². The SMILES string of the molecule is O=C(C1CCN(Cc2ccc(Oc3ccccc3)cc2)CC1)N1CCN(CC2CCCCC2)CC1. The van der Waals surface area contributed by atoms with E-state index in [2.05, 4.69) is 26.8 Å². The number of hydrogen-bond donors (Lipinski definition) is 0. The Balaban J connectivity index is 1.02. The van der Waals surface area contributed by atoms with Crippen molar-refractivity contribution in [3.63, 3.8) is 0 Å². The Bertz CT molecular complexity index is 910. The normalized spacial score (nSPS) is 21.2. The number of nitrogens with zero attached hydrogens (tertiary/aromatic N) is 3. The van der Waals surface area contributed by atoms with Gasteiger partial charge in [0.15, 0.2) is 0 Å². The molecule has 35 heavy (non-hydrogen) atoms. The molecule has 188 valence electrons. The molecule has 2 aliphatic heterocycles. The number of carbonyl (C=O) groups is 1. The van der Waals surface area contributed by atoms with Gasteiger partial charge in [0.05, 0.1) is 0 Å². The molecule has 0 N–H and O–H groups in total. The molecular formula is C30H41N3O2. The van der Waals surface area contributed by atoms with Crippen molar-refractivity contribution in [2.75, 3.05) is 45.8 Å². The zero-order valence-electron chi connectivity index (χ0n) is 21.1. The third-order valence-corrected chi connectivity index (χ3v) is 8.17. The van der Waals surface area contributed by atoms with E-state index in [1.54, 1.807) is 0 Å². The highest BCUT2D eigenvalue weighted by atomic mass is 16.5. The van der Waals surface area contributed by atoms with E-state index in [-0.39, 0.29) is 5.92 Å². The summed E-state index contributed by atoms with van der Waals surface area (Å²) in [6.45, 7) is 8.15. The average Bonchev–Trinajstić information content (AvgIpc) is 2.91. The van der Waals surface area contributed by atoms with Crippen LogP contribution in [0.15, 0.2) is 54.6 Å². The van der Waals surface area contributed by atoms with Crippen molar-refractivity contribution in [3.8, 4) is 11.5 Å². The summed E-state index contributed by atoms with van der Waals surface area (Å²) in [7, 11) is 0. The summed E-state index contributed by atoms with van der Waals surface area (Å²) in [6.07, 6.45) is 9.03. The van der Waals surface area contributed by atoms with Crippen LogP contribution in [0, 0.1) is 11.8 Å². The van der Waals surface area contributed by atoms with Crippen LogP contribution in [0.5, 0.6) is 11.5 Å². The van der Waals surface area contributed by atoms with Crippen molar-refractivity contribution in [2.24, 2.45) is 11.8 Å². The van der Waals surface area contributed by atoms with Gasteiger partial charge in [-0.15, -0.1) is 0 Å². The molecule has 1 aliphatic carbocycles. The second-order valence-corrected chi connectivity index (χ2v) is 10.7. The van der Waals surface area contributed by atoms with E-state index in [4.69, 9.17) is 4.74 Å². The maximum Gasteiger partial charge on any atom is 0.225 e. The molecule has 1 amide bonds. The number of piperidine rings is 1. The number of hydrogen-bond acceptors (Lipinski definition) is 4. The highest BCUT2D eigenvalue weighted by Gasteiger charge is 2.31. The number of benzene rings is 2. The van der Waals surface area contributed by atoms with E-state index >= 15 is 0 Å². The first kappa shape index (κ1) is 24.3. The molecule has 0 aromatic heterocycles. The number of piperazine rings is 1. The van der Waals surface area contributed by atoms with Gasteiger partial charge in [-0.05, 0) is 74.5 Å². The molecule has 2 aromatic carbocycles. The third-order valence-electron chi connectivity index (χ3n) is 8.17. The van der Waals surface area contributed by atoms with Crippen molar-refractivity contribution < 1.29 is 9.53 Å². The first-order valence-electron chi connectivity index (χ1n) is 13.8. The topological polar surface area (TPSA) is 36.0 Å². The van der Waals surface area contributed by atoms with E-state index in [0.29, 0.717) is 5.91 Å². The van der Waals surface area contributed by atoms with E-state index in [9.17, 15) is 4.79 Å². The monoisotopic (exact) mass is 475 g/mol. The average molecular weight is 476 g/mol. The van der Waals surface area contributed by atoms with E-state index < -0.39 is 0 Å². The molecule has 2 heterocycles. The lowest BCUT2D eigenvalue weighted by Crippen LogP contribution is -2.52. The molecule has 2 aromatic rings. The highest BCUT2D eigenvalue weighted by molar-refractivity contribution is 5.79. The minimum atomic E-state index is 0.206. The van der Waals surface area contributed by atoms with Crippen LogP contribution in [0.25, 0.3) is 0 Å². The molecular weight excluding hydrogens is 434 g/mol. The lowest BCUT2D eigenvalue weighted by Gasteiger charge is -2.40. The molecule has 2 saturated heterocycles. The quantitative estimate of drug-likeness (QED) is 0.536. The van der Waals surface area contributed by atoms with E-state index in [0.717, 1.165) is 76.1 Å². The summed E-state index contributed by atoms with van der Waals surface area (Å²) in [5.74, 6) is 3.23. The predicted molar refractivity (Wildman–Crippen MR) is 141 cm³/mol. The smallest absolute Gasteiger partial charge is 0.225 e. The number of carbonyl (C=O) groups excluding carboxylic acids is 1. The first-order valence-corrected chi connectivity index (χ1v) is 13.8. The van der Waals surface area contributed by atoms with Gasteiger partial charge in [-0.25, -0.2) is 0 Å². The Morgan fingerprint density at radius 3 is 2.06 bits per heavy atom. The number of ether oxygens (including phenoxy) is 1. The number of amides is 1. The minimum absolute atomic E-state index is 0.206. The van der Waals surface area contributed by atoms with Crippen LogP contribution in [-0.4, -0.2) is 66.4 Å². The first-order chi connectivity index (χ1) is 17.2.